The molecule has 0 atom stereocenters. The van der Waals surface area contributed by atoms with E-state index in [4.69, 9.17) is 0 Å². The Morgan fingerprint density at radius 1 is 0.912 bits per heavy atom. The Bertz CT molecular complexity index is 1360. The van der Waals surface area contributed by atoms with Crippen molar-refractivity contribution in [3.63, 3.8) is 0 Å². The summed E-state index contributed by atoms with van der Waals surface area (Å²) in [5.74, 6) is 0.471. The molecule has 2 aromatic heterocycles. The van der Waals surface area contributed by atoms with Crippen LogP contribution in [0.1, 0.15) is 33.3 Å². The van der Waals surface area contributed by atoms with Crippen molar-refractivity contribution in [2.24, 2.45) is 18.9 Å². The molecule has 0 N–H and O–H groups in total. The maximum atomic E-state index is 12.6. The van der Waals surface area contributed by atoms with Crippen molar-refractivity contribution < 1.29 is 4.79 Å². The molecule has 0 saturated carbocycles. The Kier molecular flexibility index (Phi) is 7.99. The second-order valence-corrected chi connectivity index (χ2v) is 9.16. The smallest absolute Gasteiger partial charge is 0.303 e. The van der Waals surface area contributed by atoms with Crippen LogP contribution in [0, 0.1) is 11.8 Å². The standard InChI is InChI=1S/C23H24N4O2.C4H8O/c1-16(2)13-27-21-20(22(28)25(3)23(27)29)15-26(24-21)14-17-9-11-19(12-10-17)18-7-5-4-6-8-18;1-4(2)3-5/h4-12,15-16H,13-14H2,1-3H3;3-4H,1-2H3. The SMILES string of the molecule is CC(C)C=O.CC(C)Cn1c(=O)n(C)c(=O)c2cn(Cc3ccc(-c4ccccc4)cc3)nc21. The lowest BCUT2D eigenvalue weighted by molar-refractivity contribution is -0.110. The van der Waals surface area contributed by atoms with E-state index in [1.54, 1.807) is 15.4 Å². The number of aldehydes is 1. The summed E-state index contributed by atoms with van der Waals surface area (Å²) in [5.41, 5.74) is 3.22. The number of carbonyl (C=O) groups is 1. The Labute approximate surface area is 199 Å². The number of hydrogen-bond acceptors (Lipinski definition) is 4. The molecule has 4 rings (SSSR count). The number of carbonyl (C=O) groups excluding carboxylic acids is 1. The van der Waals surface area contributed by atoms with Crippen molar-refractivity contribution in [2.45, 2.75) is 40.8 Å². The van der Waals surface area contributed by atoms with Crippen LogP contribution in [-0.4, -0.2) is 25.2 Å². The van der Waals surface area contributed by atoms with Gasteiger partial charge in [-0.3, -0.25) is 18.6 Å². The van der Waals surface area contributed by atoms with Gasteiger partial charge in [-0.15, -0.1) is 0 Å². The number of hydrogen-bond donors (Lipinski definition) is 0. The van der Waals surface area contributed by atoms with Gasteiger partial charge in [0.25, 0.3) is 5.56 Å². The highest BCUT2D eigenvalue weighted by Crippen LogP contribution is 2.20. The van der Waals surface area contributed by atoms with Gasteiger partial charge in [-0.05, 0) is 22.6 Å². The van der Waals surface area contributed by atoms with Crippen molar-refractivity contribution in [3.05, 3.63) is 87.2 Å². The van der Waals surface area contributed by atoms with Gasteiger partial charge in [0.2, 0.25) is 0 Å². The summed E-state index contributed by atoms with van der Waals surface area (Å²) in [5, 5.41) is 5.04. The van der Waals surface area contributed by atoms with E-state index in [2.05, 4.69) is 41.5 Å². The summed E-state index contributed by atoms with van der Waals surface area (Å²) in [7, 11) is 1.51. The first-order valence-corrected chi connectivity index (χ1v) is 11.5. The zero-order chi connectivity index (χ0) is 24.8. The normalized spacial score (nSPS) is 11.0. The molecule has 7 heteroatoms. The van der Waals surface area contributed by atoms with E-state index < -0.39 is 0 Å². The Morgan fingerprint density at radius 2 is 1.50 bits per heavy atom. The van der Waals surface area contributed by atoms with E-state index in [-0.39, 0.29) is 23.1 Å². The molecule has 0 saturated heterocycles. The van der Waals surface area contributed by atoms with Gasteiger partial charge in [-0.2, -0.15) is 5.10 Å². The zero-order valence-electron chi connectivity index (χ0n) is 20.4. The first-order valence-electron chi connectivity index (χ1n) is 11.5. The van der Waals surface area contributed by atoms with Gasteiger partial charge in [0.15, 0.2) is 5.65 Å². The number of benzene rings is 2. The Balaban J connectivity index is 0.000000588. The van der Waals surface area contributed by atoms with Gasteiger partial charge in [0, 0.05) is 25.7 Å². The maximum absolute atomic E-state index is 12.6. The molecule has 0 bridgehead atoms. The molecule has 2 aromatic carbocycles. The third-order valence-electron chi connectivity index (χ3n) is 5.28. The van der Waals surface area contributed by atoms with Gasteiger partial charge in [0.1, 0.15) is 11.7 Å². The molecule has 0 aliphatic heterocycles. The fourth-order valence-corrected chi connectivity index (χ4v) is 3.53. The van der Waals surface area contributed by atoms with Crippen molar-refractivity contribution in [1.29, 1.82) is 0 Å². The van der Waals surface area contributed by atoms with Crippen molar-refractivity contribution in [3.8, 4) is 11.1 Å². The van der Waals surface area contributed by atoms with Crippen LogP contribution in [0.5, 0.6) is 0 Å². The van der Waals surface area contributed by atoms with Crippen LogP contribution in [-0.2, 0) is 24.9 Å². The van der Waals surface area contributed by atoms with Gasteiger partial charge < -0.3 is 4.79 Å². The first-order chi connectivity index (χ1) is 16.2. The summed E-state index contributed by atoms with van der Waals surface area (Å²) in [6.07, 6.45) is 2.65. The topological polar surface area (TPSA) is 78.9 Å². The quantitative estimate of drug-likeness (QED) is 0.406. The molecule has 0 fully saturated rings. The predicted octanol–water partition coefficient (Wildman–Crippen LogP) is 4.11. The monoisotopic (exact) mass is 460 g/mol. The van der Waals surface area contributed by atoms with E-state index in [0.29, 0.717) is 24.1 Å². The van der Waals surface area contributed by atoms with Crippen LogP contribution >= 0.6 is 0 Å². The molecule has 7 nitrogen and oxygen atoms in total. The maximum Gasteiger partial charge on any atom is 0.332 e. The molecule has 0 radical (unpaired) electrons. The minimum absolute atomic E-state index is 0.204. The number of nitrogens with zero attached hydrogens (tertiary/aromatic N) is 4. The van der Waals surface area contributed by atoms with Crippen molar-refractivity contribution >= 4 is 17.3 Å². The van der Waals surface area contributed by atoms with Crippen molar-refractivity contribution in [1.82, 2.24) is 18.9 Å². The number of fused-ring (bicyclic) bond motifs is 1. The molecular weight excluding hydrogens is 428 g/mol. The molecule has 0 amide bonds. The highest BCUT2D eigenvalue weighted by atomic mass is 16.2. The lowest BCUT2D eigenvalue weighted by atomic mass is 10.0. The van der Waals surface area contributed by atoms with E-state index >= 15 is 0 Å². The molecule has 0 aliphatic rings. The van der Waals surface area contributed by atoms with Crippen LogP contribution in [0.2, 0.25) is 0 Å². The van der Waals surface area contributed by atoms with Crippen LogP contribution in [0.15, 0.2) is 70.4 Å². The molecule has 34 heavy (non-hydrogen) atoms. The summed E-state index contributed by atoms with van der Waals surface area (Å²) in [4.78, 5) is 34.6. The van der Waals surface area contributed by atoms with Crippen molar-refractivity contribution in [2.75, 3.05) is 0 Å². The summed E-state index contributed by atoms with van der Waals surface area (Å²) in [6.45, 7) is 8.83. The Hall–Kier alpha value is -3.74. The number of rotatable bonds is 6. The van der Waals surface area contributed by atoms with Gasteiger partial charge in [0.05, 0.1) is 6.54 Å². The third kappa shape index (κ3) is 5.78. The molecule has 4 aromatic rings. The average molecular weight is 461 g/mol. The largest absolute Gasteiger partial charge is 0.332 e. The van der Waals surface area contributed by atoms with E-state index in [9.17, 15) is 14.4 Å². The first kappa shape index (κ1) is 24.9. The molecule has 0 spiro atoms. The summed E-state index contributed by atoms with van der Waals surface area (Å²) in [6, 6.07) is 18.5. The highest BCUT2D eigenvalue weighted by Gasteiger charge is 2.15. The minimum atomic E-state index is -0.325. The van der Waals surface area contributed by atoms with Gasteiger partial charge in [-0.25, -0.2) is 4.79 Å². The van der Waals surface area contributed by atoms with Gasteiger partial charge >= 0.3 is 5.69 Å². The van der Waals surface area contributed by atoms with Crippen LogP contribution < -0.4 is 11.2 Å². The van der Waals surface area contributed by atoms with Crippen LogP contribution in [0.25, 0.3) is 22.2 Å². The zero-order valence-corrected chi connectivity index (χ0v) is 20.4. The fraction of sp³-hybridized carbons (Fsp3) is 0.333. The lowest BCUT2D eigenvalue weighted by Gasteiger charge is -2.10. The van der Waals surface area contributed by atoms with Crippen LogP contribution in [0.4, 0.5) is 0 Å². The third-order valence-corrected chi connectivity index (χ3v) is 5.28. The second-order valence-electron chi connectivity index (χ2n) is 9.16. The molecular formula is C27H32N4O3. The number of aromatic nitrogens is 4. The second kappa shape index (κ2) is 10.9. The molecule has 2 heterocycles. The summed E-state index contributed by atoms with van der Waals surface area (Å²) < 4.78 is 4.49. The molecule has 178 valence electrons. The molecule has 0 aliphatic carbocycles. The fourth-order valence-electron chi connectivity index (χ4n) is 3.53. The molecule has 0 unspecified atom stereocenters. The minimum Gasteiger partial charge on any atom is -0.303 e. The average Bonchev–Trinajstić information content (AvgIpc) is 3.25. The van der Waals surface area contributed by atoms with E-state index in [1.165, 1.54) is 12.6 Å². The lowest BCUT2D eigenvalue weighted by Crippen LogP contribution is -2.38. The van der Waals surface area contributed by atoms with E-state index in [0.717, 1.165) is 22.0 Å². The predicted molar refractivity (Wildman–Crippen MR) is 136 cm³/mol. The highest BCUT2D eigenvalue weighted by molar-refractivity contribution is 5.73. The van der Waals surface area contributed by atoms with Crippen LogP contribution in [0.3, 0.4) is 0 Å². The van der Waals surface area contributed by atoms with E-state index in [1.807, 2.05) is 45.9 Å². The van der Waals surface area contributed by atoms with Gasteiger partial charge in [-0.1, -0.05) is 82.3 Å². The summed E-state index contributed by atoms with van der Waals surface area (Å²) >= 11 is 0. The Morgan fingerprint density at radius 3 is 2.06 bits per heavy atom.